The fourth-order valence-electron chi connectivity index (χ4n) is 3.39. The number of hydrogen-bond donors (Lipinski definition) is 2. The first-order valence-corrected chi connectivity index (χ1v) is 9.54. The molecule has 0 radical (unpaired) electrons. The van der Waals surface area contributed by atoms with Crippen molar-refractivity contribution in [3.8, 4) is 5.75 Å². The van der Waals surface area contributed by atoms with E-state index < -0.39 is 5.54 Å². The van der Waals surface area contributed by atoms with Gasteiger partial charge in [-0.05, 0) is 54.7 Å². The van der Waals surface area contributed by atoms with Crippen molar-refractivity contribution in [2.75, 3.05) is 0 Å². The number of ketones is 1. The Morgan fingerprint density at radius 3 is 2.56 bits per heavy atom. The summed E-state index contributed by atoms with van der Waals surface area (Å²) >= 11 is 12.0. The molecule has 4 nitrogen and oxygen atoms in total. The highest BCUT2D eigenvalue weighted by atomic mass is 35.5. The van der Waals surface area contributed by atoms with Crippen LogP contribution in [0.1, 0.15) is 39.2 Å². The van der Waals surface area contributed by atoms with Crippen LogP contribution in [-0.2, 0) is 9.59 Å². The molecule has 1 atom stereocenters. The Kier molecular flexibility index (Phi) is 5.24. The number of hydrogen-bond acceptors (Lipinski definition) is 3. The first-order chi connectivity index (χ1) is 12.6. The van der Waals surface area contributed by atoms with Gasteiger partial charge in [0.05, 0.1) is 15.6 Å². The fourth-order valence-corrected chi connectivity index (χ4v) is 3.90. The second-order valence-corrected chi connectivity index (χ2v) is 8.43. The molecule has 1 heterocycles. The van der Waals surface area contributed by atoms with Gasteiger partial charge in [0, 0.05) is 17.6 Å². The van der Waals surface area contributed by atoms with E-state index in [1.54, 1.807) is 18.2 Å². The molecule has 1 saturated heterocycles. The zero-order valence-corrected chi connectivity index (χ0v) is 16.9. The summed E-state index contributed by atoms with van der Waals surface area (Å²) < 4.78 is 0. The van der Waals surface area contributed by atoms with Gasteiger partial charge in [0.1, 0.15) is 0 Å². The van der Waals surface area contributed by atoms with Gasteiger partial charge < -0.3 is 10.4 Å². The number of phenols is 1. The third-order valence-electron chi connectivity index (χ3n) is 4.81. The summed E-state index contributed by atoms with van der Waals surface area (Å²) in [7, 11) is 0. The Hall–Kier alpha value is -2.04. The highest BCUT2D eigenvalue weighted by Crippen LogP contribution is 2.40. The second-order valence-electron chi connectivity index (χ2n) is 7.62. The van der Waals surface area contributed by atoms with E-state index in [0.29, 0.717) is 29.6 Å². The summed E-state index contributed by atoms with van der Waals surface area (Å²) in [5.74, 6) is -0.0590. The molecule has 3 rings (SSSR count). The van der Waals surface area contributed by atoms with Gasteiger partial charge in [-0.1, -0.05) is 43.1 Å². The summed E-state index contributed by atoms with van der Waals surface area (Å²) in [5.41, 5.74) is 1.94. The van der Waals surface area contributed by atoms with Crippen molar-refractivity contribution < 1.29 is 14.7 Å². The third-order valence-corrected chi connectivity index (χ3v) is 5.39. The summed E-state index contributed by atoms with van der Waals surface area (Å²) in [6.45, 7) is 5.94. The van der Waals surface area contributed by atoms with E-state index in [1.807, 2.05) is 32.9 Å². The first-order valence-electron chi connectivity index (χ1n) is 8.79. The molecule has 1 aliphatic heterocycles. The van der Waals surface area contributed by atoms with Crippen LogP contribution in [0.3, 0.4) is 0 Å². The standard InChI is InChI=1S/C21H21Cl2NO3/c1-11(2)6-18(25)13-4-5-21(3)15(10-13)14(20(27)24-21)7-12-8-16(22)19(26)17(23)9-12/h4,7-11,26H,5-6H2,1-3H3,(H,24,27)/b14-7-. The lowest BCUT2D eigenvalue weighted by molar-refractivity contribution is -0.117. The highest BCUT2D eigenvalue weighted by Gasteiger charge is 2.43. The Balaban J connectivity index is 2.03. The lowest BCUT2D eigenvalue weighted by Gasteiger charge is -2.28. The number of nitrogens with one attached hydrogen (secondary N) is 1. The van der Waals surface area contributed by atoms with Gasteiger partial charge in [-0.2, -0.15) is 0 Å². The molecule has 1 aliphatic carbocycles. The number of phenolic OH excluding ortho intramolecular Hbond substituents is 1. The van der Waals surface area contributed by atoms with Crippen LogP contribution in [0.2, 0.25) is 10.0 Å². The van der Waals surface area contributed by atoms with Gasteiger partial charge in [0.25, 0.3) is 5.91 Å². The number of Topliss-reactive ketones (excluding diaryl/α,β-unsaturated/α-hetero) is 1. The number of aromatic hydroxyl groups is 1. The quantitative estimate of drug-likeness (QED) is 0.703. The minimum absolute atomic E-state index is 0.0778. The number of halogens is 2. The lowest BCUT2D eigenvalue weighted by atomic mass is 9.80. The van der Waals surface area contributed by atoms with Crippen molar-refractivity contribution >= 4 is 41.0 Å². The highest BCUT2D eigenvalue weighted by molar-refractivity contribution is 6.37. The van der Waals surface area contributed by atoms with Crippen molar-refractivity contribution in [2.24, 2.45) is 5.92 Å². The molecule has 1 aromatic carbocycles. The van der Waals surface area contributed by atoms with Gasteiger partial charge >= 0.3 is 0 Å². The van der Waals surface area contributed by atoms with Crippen LogP contribution >= 0.6 is 23.2 Å². The molecule has 142 valence electrons. The minimum atomic E-state index is -0.547. The maximum absolute atomic E-state index is 12.6. The fraction of sp³-hybridized carbons (Fsp3) is 0.333. The van der Waals surface area contributed by atoms with Gasteiger partial charge in [-0.25, -0.2) is 0 Å². The SMILES string of the molecule is CC(C)CC(=O)C1=CCC2(C)NC(=O)/C(=C\c3cc(Cl)c(O)c(Cl)c3)C2=C1. The number of benzene rings is 1. The number of carbonyl (C=O) groups is 2. The van der Waals surface area contributed by atoms with Gasteiger partial charge in [0.2, 0.25) is 0 Å². The Bertz CT molecular complexity index is 904. The molecule has 2 N–H and O–H groups in total. The summed E-state index contributed by atoms with van der Waals surface area (Å²) in [6.07, 6.45) is 6.40. The van der Waals surface area contributed by atoms with Crippen molar-refractivity contribution in [1.29, 1.82) is 0 Å². The molecule has 1 aromatic rings. The predicted molar refractivity (Wildman–Crippen MR) is 108 cm³/mol. The van der Waals surface area contributed by atoms with Crippen LogP contribution in [0.5, 0.6) is 5.75 Å². The number of fused-ring (bicyclic) bond motifs is 1. The van der Waals surface area contributed by atoms with E-state index in [1.165, 1.54) is 0 Å². The van der Waals surface area contributed by atoms with Gasteiger partial charge in [0.15, 0.2) is 11.5 Å². The smallest absolute Gasteiger partial charge is 0.252 e. The number of rotatable bonds is 4. The van der Waals surface area contributed by atoms with E-state index in [9.17, 15) is 14.7 Å². The predicted octanol–water partition coefficient (Wildman–Crippen LogP) is 4.84. The molecule has 1 fully saturated rings. The average Bonchev–Trinajstić information content (AvgIpc) is 2.81. The Morgan fingerprint density at radius 1 is 1.33 bits per heavy atom. The number of carbonyl (C=O) groups excluding carboxylic acids is 2. The lowest BCUT2D eigenvalue weighted by Crippen LogP contribution is -2.40. The van der Waals surface area contributed by atoms with Crippen LogP contribution in [0.4, 0.5) is 0 Å². The van der Waals surface area contributed by atoms with E-state index in [-0.39, 0.29) is 33.4 Å². The van der Waals surface area contributed by atoms with Gasteiger partial charge in [-0.3, -0.25) is 9.59 Å². The second kappa shape index (κ2) is 7.17. The Labute approximate surface area is 168 Å². The molecule has 0 saturated carbocycles. The molecule has 0 bridgehead atoms. The van der Waals surface area contributed by atoms with E-state index in [2.05, 4.69) is 5.32 Å². The third kappa shape index (κ3) is 3.83. The molecule has 0 spiro atoms. The monoisotopic (exact) mass is 405 g/mol. The van der Waals surface area contributed by atoms with Crippen LogP contribution in [-0.4, -0.2) is 22.3 Å². The van der Waals surface area contributed by atoms with Crippen molar-refractivity contribution in [2.45, 2.75) is 39.2 Å². The molecular formula is C21H21Cl2NO3. The van der Waals surface area contributed by atoms with E-state index in [4.69, 9.17) is 23.2 Å². The summed E-state index contributed by atoms with van der Waals surface area (Å²) in [6, 6.07) is 3.09. The summed E-state index contributed by atoms with van der Waals surface area (Å²) in [5, 5.41) is 12.9. The van der Waals surface area contributed by atoms with Crippen LogP contribution in [0, 0.1) is 5.92 Å². The largest absolute Gasteiger partial charge is 0.505 e. The average molecular weight is 406 g/mol. The molecular weight excluding hydrogens is 385 g/mol. The molecule has 2 aliphatic rings. The molecule has 0 aromatic heterocycles. The molecule has 6 heteroatoms. The van der Waals surface area contributed by atoms with E-state index >= 15 is 0 Å². The van der Waals surface area contributed by atoms with E-state index in [0.717, 1.165) is 5.57 Å². The normalized spacial score (nSPS) is 23.2. The number of allylic oxidation sites excluding steroid dienone is 2. The maximum Gasteiger partial charge on any atom is 0.252 e. The van der Waals surface area contributed by atoms with Crippen molar-refractivity contribution in [3.63, 3.8) is 0 Å². The molecule has 27 heavy (non-hydrogen) atoms. The van der Waals surface area contributed by atoms with Crippen LogP contribution in [0.25, 0.3) is 6.08 Å². The first kappa shape index (κ1) is 19.7. The number of amides is 1. The zero-order valence-electron chi connectivity index (χ0n) is 15.4. The molecule has 1 unspecified atom stereocenters. The summed E-state index contributed by atoms with van der Waals surface area (Å²) in [4.78, 5) is 25.1. The van der Waals surface area contributed by atoms with Gasteiger partial charge in [-0.15, -0.1) is 0 Å². The Morgan fingerprint density at radius 2 is 1.96 bits per heavy atom. The van der Waals surface area contributed by atoms with Crippen LogP contribution in [0.15, 0.2) is 41.0 Å². The van der Waals surface area contributed by atoms with Crippen molar-refractivity contribution in [3.05, 3.63) is 56.6 Å². The molecule has 1 amide bonds. The minimum Gasteiger partial charge on any atom is -0.505 e. The van der Waals surface area contributed by atoms with Crippen molar-refractivity contribution in [1.82, 2.24) is 5.32 Å². The topological polar surface area (TPSA) is 66.4 Å². The van der Waals surface area contributed by atoms with Crippen LogP contribution < -0.4 is 5.32 Å². The maximum atomic E-state index is 12.6. The zero-order chi connectivity index (χ0) is 19.9.